The maximum absolute atomic E-state index is 15.4. The third-order valence-electron chi connectivity index (χ3n) is 6.91. The summed E-state index contributed by atoms with van der Waals surface area (Å²) in [4.78, 5) is 29.1. The van der Waals surface area contributed by atoms with Crippen LogP contribution in [0, 0.1) is 34.6 Å². The zero-order chi connectivity index (χ0) is 34.0. The molecule has 0 atom stereocenters. The molecule has 1 saturated heterocycles. The molecule has 0 radical (unpaired) electrons. The Morgan fingerprint density at radius 3 is 2.28 bits per heavy atom. The van der Waals surface area contributed by atoms with Gasteiger partial charge >= 0.3 is 6.18 Å². The van der Waals surface area contributed by atoms with Gasteiger partial charge in [-0.3, -0.25) is 14.7 Å². The fraction of sp³-hybridized carbons (Fsp3) is 0.300. The van der Waals surface area contributed by atoms with Crippen molar-refractivity contribution in [2.45, 2.75) is 38.4 Å². The molecule has 2 aromatic carbocycles. The highest BCUT2D eigenvalue weighted by atomic mass is 32.1. The van der Waals surface area contributed by atoms with Gasteiger partial charge in [-0.1, -0.05) is 0 Å². The molecule has 2 heterocycles. The van der Waals surface area contributed by atoms with Gasteiger partial charge < -0.3 is 19.2 Å². The minimum Gasteiger partial charge on any atom is -0.488 e. The number of hydrogen-bond donors (Lipinski definition) is 0. The van der Waals surface area contributed by atoms with Crippen molar-refractivity contribution in [1.29, 1.82) is 5.26 Å². The second-order valence-corrected chi connectivity index (χ2v) is 10.7. The van der Waals surface area contributed by atoms with Crippen LogP contribution in [0.4, 0.5) is 42.1 Å². The largest absolute Gasteiger partial charge is 0.488 e. The van der Waals surface area contributed by atoms with Gasteiger partial charge in [0.05, 0.1) is 35.8 Å². The number of alkyl halides is 3. The SMILES string of the molecule is CC1(C)C(=O)N(c2ccc(C#N)c(C(F)(F)F)c2F)C(=S)N1c1cnc(-c2cc(F)c(OCCCCOCC=O)c(F)c2)c(F)c1. The number of carbonyl (C=O) groups is 2. The molecule has 8 nitrogen and oxygen atoms in total. The molecule has 1 aliphatic rings. The van der Waals surface area contributed by atoms with E-state index in [0.29, 0.717) is 30.1 Å². The first-order chi connectivity index (χ1) is 21.6. The summed E-state index contributed by atoms with van der Waals surface area (Å²) in [6.07, 6.45) is -2.83. The van der Waals surface area contributed by atoms with E-state index in [-0.39, 0.29) is 31.1 Å². The lowest BCUT2D eigenvalue weighted by Crippen LogP contribution is -2.44. The van der Waals surface area contributed by atoms with Crippen molar-refractivity contribution in [1.82, 2.24) is 4.98 Å². The summed E-state index contributed by atoms with van der Waals surface area (Å²) >= 11 is 5.33. The molecule has 46 heavy (non-hydrogen) atoms. The topological polar surface area (TPSA) is 95.8 Å². The van der Waals surface area contributed by atoms with Gasteiger partial charge in [-0.2, -0.15) is 18.4 Å². The van der Waals surface area contributed by atoms with Gasteiger partial charge in [0.25, 0.3) is 5.91 Å². The molecule has 242 valence electrons. The number of nitrogens with zero attached hydrogens (tertiary/aromatic N) is 4. The molecule has 3 aromatic rings. The first-order valence-corrected chi connectivity index (χ1v) is 13.8. The van der Waals surface area contributed by atoms with Crippen LogP contribution in [0.3, 0.4) is 0 Å². The highest BCUT2D eigenvalue weighted by Gasteiger charge is 2.52. The number of halogens is 7. The van der Waals surface area contributed by atoms with Crippen LogP contribution in [-0.2, 0) is 20.5 Å². The lowest BCUT2D eigenvalue weighted by molar-refractivity contribution is -0.140. The summed E-state index contributed by atoms with van der Waals surface area (Å²) in [5.41, 5.74) is -6.41. The Hall–Kier alpha value is -4.62. The molecule has 1 aromatic heterocycles. The van der Waals surface area contributed by atoms with Gasteiger partial charge in [-0.25, -0.2) is 17.6 Å². The number of aldehydes is 1. The maximum atomic E-state index is 15.4. The summed E-state index contributed by atoms with van der Waals surface area (Å²) in [6.45, 7) is 2.73. The number of thiocarbonyl (C=S) groups is 1. The molecule has 0 unspecified atom stereocenters. The van der Waals surface area contributed by atoms with Gasteiger partial charge in [-0.05, 0) is 63.2 Å². The minimum atomic E-state index is -5.27. The number of anilines is 2. The number of rotatable bonds is 11. The van der Waals surface area contributed by atoms with Crippen molar-refractivity contribution in [2.24, 2.45) is 0 Å². The first kappa shape index (κ1) is 34.3. The Morgan fingerprint density at radius 2 is 1.70 bits per heavy atom. The summed E-state index contributed by atoms with van der Waals surface area (Å²) < 4.78 is 111. The van der Waals surface area contributed by atoms with Gasteiger partial charge in [0, 0.05) is 18.2 Å². The number of pyridine rings is 1. The van der Waals surface area contributed by atoms with Crippen LogP contribution in [-0.4, -0.2) is 47.6 Å². The van der Waals surface area contributed by atoms with Crippen LogP contribution in [0.1, 0.15) is 37.8 Å². The van der Waals surface area contributed by atoms with Gasteiger partial charge in [0.2, 0.25) is 0 Å². The smallest absolute Gasteiger partial charge is 0.420 e. The molecule has 0 saturated carbocycles. The number of unbranched alkanes of at least 4 members (excludes halogenated alkanes) is 1. The molecular weight excluding hydrogens is 645 g/mol. The normalized spacial score (nSPS) is 14.5. The van der Waals surface area contributed by atoms with Crippen molar-refractivity contribution in [2.75, 3.05) is 29.6 Å². The van der Waals surface area contributed by atoms with Crippen molar-refractivity contribution < 1.29 is 49.8 Å². The molecule has 0 aliphatic carbocycles. The van der Waals surface area contributed by atoms with E-state index in [4.69, 9.17) is 27.0 Å². The zero-order valence-electron chi connectivity index (χ0n) is 24.1. The predicted octanol–water partition coefficient (Wildman–Crippen LogP) is 6.49. The third kappa shape index (κ3) is 6.51. The molecule has 16 heteroatoms. The molecule has 0 N–H and O–H groups in total. The second-order valence-electron chi connectivity index (χ2n) is 10.3. The monoisotopic (exact) mass is 668 g/mol. The standard InChI is InChI=1S/C30H23F7N4O4S/c1-29(2)27(43)40(22-6-5-16(14-38)23(24(22)34)30(35,36)37)28(46)41(29)18-13-19(31)25(39-15-18)17-11-20(32)26(21(33)12-17)45-9-4-3-8-44-10-7-42/h5-7,11-13,15H,3-4,8-10H2,1-2H3. The van der Waals surface area contributed by atoms with E-state index in [1.54, 1.807) is 0 Å². The average Bonchev–Trinajstić information content (AvgIpc) is 3.15. The van der Waals surface area contributed by atoms with Crippen LogP contribution < -0.4 is 14.5 Å². The average molecular weight is 669 g/mol. The van der Waals surface area contributed by atoms with Crippen molar-refractivity contribution >= 4 is 40.9 Å². The van der Waals surface area contributed by atoms with Gasteiger partial charge in [-0.15, -0.1) is 0 Å². The van der Waals surface area contributed by atoms with E-state index >= 15 is 8.78 Å². The fourth-order valence-electron chi connectivity index (χ4n) is 4.76. The Labute approximate surface area is 262 Å². The molecule has 1 amide bonds. The predicted molar refractivity (Wildman–Crippen MR) is 154 cm³/mol. The van der Waals surface area contributed by atoms with E-state index in [2.05, 4.69) is 4.98 Å². The van der Waals surface area contributed by atoms with Crippen LogP contribution >= 0.6 is 12.2 Å². The summed E-state index contributed by atoms with van der Waals surface area (Å²) in [5, 5.41) is 8.54. The van der Waals surface area contributed by atoms with Crippen LogP contribution in [0.15, 0.2) is 36.5 Å². The Balaban J connectivity index is 1.61. The Kier molecular flexibility index (Phi) is 9.97. The highest BCUT2D eigenvalue weighted by molar-refractivity contribution is 7.81. The van der Waals surface area contributed by atoms with Crippen molar-refractivity contribution in [3.05, 3.63) is 70.9 Å². The molecule has 0 spiro atoms. The number of carbonyl (C=O) groups excluding carboxylic acids is 2. The summed E-state index contributed by atoms with van der Waals surface area (Å²) in [5.74, 6) is -6.94. The van der Waals surface area contributed by atoms with Crippen molar-refractivity contribution in [3.63, 3.8) is 0 Å². The first-order valence-electron chi connectivity index (χ1n) is 13.4. The lowest BCUT2D eigenvalue weighted by Gasteiger charge is -2.29. The van der Waals surface area contributed by atoms with E-state index in [9.17, 15) is 31.5 Å². The summed E-state index contributed by atoms with van der Waals surface area (Å²) in [7, 11) is 0. The lowest BCUT2D eigenvalue weighted by atomic mass is 10.0. The number of amides is 1. The van der Waals surface area contributed by atoms with E-state index in [1.165, 1.54) is 19.9 Å². The number of benzene rings is 2. The molecule has 4 rings (SSSR count). The molecule has 1 fully saturated rings. The maximum Gasteiger partial charge on any atom is 0.420 e. The van der Waals surface area contributed by atoms with Crippen LogP contribution in [0.5, 0.6) is 5.75 Å². The van der Waals surface area contributed by atoms with Gasteiger partial charge in [0.1, 0.15) is 29.7 Å². The van der Waals surface area contributed by atoms with E-state index in [0.717, 1.165) is 35.4 Å². The number of nitriles is 1. The van der Waals surface area contributed by atoms with Crippen LogP contribution in [0.2, 0.25) is 0 Å². The molecular formula is C30H23F7N4O4S. The van der Waals surface area contributed by atoms with Crippen LogP contribution in [0.25, 0.3) is 11.3 Å². The number of aromatic nitrogens is 1. The molecule has 1 aliphatic heterocycles. The van der Waals surface area contributed by atoms with E-state index in [1.807, 2.05) is 0 Å². The molecule has 0 bridgehead atoms. The summed E-state index contributed by atoms with van der Waals surface area (Å²) in [6, 6.07) is 5.22. The Bertz CT molecular complexity index is 1720. The van der Waals surface area contributed by atoms with Gasteiger partial charge in [0.15, 0.2) is 34.1 Å². The fourth-order valence-corrected chi connectivity index (χ4v) is 5.27. The third-order valence-corrected chi connectivity index (χ3v) is 7.27. The Morgan fingerprint density at radius 1 is 1.04 bits per heavy atom. The number of ether oxygens (including phenoxy) is 2. The minimum absolute atomic E-state index is 0.0654. The number of hydrogen-bond acceptors (Lipinski definition) is 7. The second kappa shape index (κ2) is 13.4. The quantitative estimate of drug-likeness (QED) is 0.0992. The van der Waals surface area contributed by atoms with E-state index < -0.39 is 74.3 Å². The zero-order valence-corrected chi connectivity index (χ0v) is 24.9. The highest BCUT2D eigenvalue weighted by Crippen LogP contribution is 2.42. The van der Waals surface area contributed by atoms with Crippen molar-refractivity contribution in [3.8, 4) is 23.1 Å².